The molecule has 0 amide bonds. The van der Waals surface area contributed by atoms with E-state index in [1.54, 1.807) is 0 Å². The van der Waals surface area contributed by atoms with Crippen molar-refractivity contribution in [3.05, 3.63) is 33.1 Å². The third-order valence-electron chi connectivity index (χ3n) is 5.39. The summed E-state index contributed by atoms with van der Waals surface area (Å²) < 4.78 is 49.1. The third kappa shape index (κ3) is 8.54. The van der Waals surface area contributed by atoms with Crippen molar-refractivity contribution in [3.63, 3.8) is 0 Å². The van der Waals surface area contributed by atoms with Crippen molar-refractivity contribution >= 4 is 42.3 Å². The highest BCUT2D eigenvalue weighted by molar-refractivity contribution is 8.82. The van der Waals surface area contributed by atoms with Crippen LogP contribution in [0.25, 0.3) is 0 Å². The molecular formula is C17H26N2O17P2S2. The summed E-state index contributed by atoms with van der Waals surface area (Å²) in [5.41, 5.74) is -1.75. The molecule has 2 saturated heterocycles. The molecule has 0 saturated carbocycles. The number of aliphatic hydroxyl groups excluding tert-OH is 5. The summed E-state index contributed by atoms with van der Waals surface area (Å²) in [6.07, 6.45) is -14.9. The molecule has 11 atom stereocenters. The highest BCUT2D eigenvalue weighted by atomic mass is 33.1. The molecule has 2 fully saturated rings. The maximum absolute atomic E-state index is 12.4. The van der Waals surface area contributed by atoms with Crippen LogP contribution in [0.2, 0.25) is 0 Å². The Balaban J connectivity index is 1.60. The molecule has 3 rings (SSSR count). The Labute approximate surface area is 231 Å². The minimum absolute atomic E-state index is 0.144. The number of hydrogen-bond acceptors (Lipinski definition) is 17. The molecule has 1 aromatic heterocycles. The average molecular weight is 656 g/mol. The molecule has 2 aliphatic heterocycles. The molecule has 2 unspecified atom stereocenters. The first-order valence-corrected chi connectivity index (χ1v) is 16.3. The van der Waals surface area contributed by atoms with E-state index >= 15 is 0 Å². The Hall–Kier alpha value is -0.970. The van der Waals surface area contributed by atoms with Gasteiger partial charge in [0.2, 0.25) is 0 Å². The standard InChI is InChI=1S/C17H26N2O17P2S2/c1-6(20)40-39-5-8-11(23)12(24)14(26)16(34-8)35-38(30,31)36-37(28,29)32-4-7-10(22)13(25)15(33-7)19-3-2-9(21)18-17(19)27/h2-3,7-8,10-16,22-26H,4-5H2,1H3,(H,28,29)(H,30,31)(H,18,21,27)/t7-,8-,10-,11+,12+,13-,14-,15-,16-/m1/s1. The van der Waals surface area contributed by atoms with E-state index in [1.807, 2.05) is 4.98 Å². The van der Waals surface area contributed by atoms with Crippen LogP contribution in [0.4, 0.5) is 0 Å². The number of phosphoric ester groups is 2. The van der Waals surface area contributed by atoms with E-state index in [-0.39, 0.29) is 10.9 Å². The molecular weight excluding hydrogens is 630 g/mol. The first kappa shape index (κ1) is 33.5. The highest BCUT2D eigenvalue weighted by Gasteiger charge is 2.49. The van der Waals surface area contributed by atoms with Gasteiger partial charge in [-0.25, -0.2) is 13.9 Å². The van der Waals surface area contributed by atoms with Gasteiger partial charge in [-0.15, -0.1) is 0 Å². The van der Waals surface area contributed by atoms with Gasteiger partial charge in [-0.05, 0) is 10.8 Å². The molecule has 0 spiro atoms. The van der Waals surface area contributed by atoms with E-state index in [0.29, 0.717) is 0 Å². The van der Waals surface area contributed by atoms with Crippen molar-refractivity contribution in [2.24, 2.45) is 0 Å². The fourth-order valence-electron chi connectivity index (χ4n) is 3.52. The number of aromatic nitrogens is 2. The first-order chi connectivity index (χ1) is 18.5. The second-order valence-electron chi connectivity index (χ2n) is 8.36. The van der Waals surface area contributed by atoms with E-state index in [2.05, 4.69) is 13.4 Å². The van der Waals surface area contributed by atoms with Crippen LogP contribution < -0.4 is 11.2 Å². The third-order valence-corrected chi connectivity index (χ3v) is 10.3. The summed E-state index contributed by atoms with van der Waals surface area (Å²) in [7, 11) is -9.42. The fourth-order valence-corrected chi connectivity index (χ4v) is 7.43. The Morgan fingerprint density at radius 1 is 1.00 bits per heavy atom. The van der Waals surface area contributed by atoms with Crippen LogP contribution in [0, 0.1) is 0 Å². The van der Waals surface area contributed by atoms with Gasteiger partial charge in [0.1, 0.15) is 36.6 Å². The second-order valence-corrected chi connectivity index (χ2v) is 13.9. The molecule has 2 aliphatic rings. The smallest absolute Gasteiger partial charge is 0.388 e. The van der Waals surface area contributed by atoms with Gasteiger partial charge in [0, 0.05) is 24.9 Å². The van der Waals surface area contributed by atoms with Gasteiger partial charge in [0.25, 0.3) is 5.56 Å². The number of hydrogen-bond donors (Lipinski definition) is 8. The zero-order chi connectivity index (χ0) is 30.0. The van der Waals surface area contributed by atoms with E-state index in [9.17, 15) is 58.8 Å². The van der Waals surface area contributed by atoms with Gasteiger partial charge < -0.3 is 44.8 Å². The van der Waals surface area contributed by atoms with Gasteiger partial charge >= 0.3 is 21.3 Å². The molecule has 40 heavy (non-hydrogen) atoms. The van der Waals surface area contributed by atoms with Crippen LogP contribution in [0.15, 0.2) is 21.9 Å². The lowest BCUT2D eigenvalue weighted by Gasteiger charge is -2.40. The van der Waals surface area contributed by atoms with Crippen molar-refractivity contribution < 1.29 is 72.1 Å². The number of H-pyrrole nitrogens is 1. The summed E-state index contributed by atoms with van der Waals surface area (Å²) in [5.74, 6) is -0.144. The van der Waals surface area contributed by atoms with Gasteiger partial charge in [0.15, 0.2) is 17.6 Å². The minimum atomic E-state index is -5.61. The Bertz CT molecular complexity index is 1260. The van der Waals surface area contributed by atoms with Crippen molar-refractivity contribution in [1.29, 1.82) is 0 Å². The monoisotopic (exact) mass is 656 g/mol. The predicted octanol–water partition coefficient (Wildman–Crippen LogP) is -2.86. The number of ether oxygens (including phenoxy) is 2. The summed E-state index contributed by atoms with van der Waals surface area (Å²) in [6, 6.07) is 0.932. The van der Waals surface area contributed by atoms with Gasteiger partial charge in [-0.3, -0.25) is 28.2 Å². The SMILES string of the molecule is CC(=O)SSC[C@H]1O[C@H](OP(=O)(O)OP(=O)(O)OC[C@H]2O[C@@H](n3ccc(=O)[nH]c3=O)[C@H](O)[C@@H]2O)[C@H](O)[C@@H](O)[C@H]1O. The zero-order valence-corrected chi connectivity index (χ0v) is 23.6. The van der Waals surface area contributed by atoms with E-state index in [0.717, 1.165) is 38.4 Å². The van der Waals surface area contributed by atoms with Crippen LogP contribution >= 0.6 is 37.2 Å². The van der Waals surface area contributed by atoms with Crippen molar-refractivity contribution in [2.45, 2.75) is 62.2 Å². The molecule has 0 bridgehead atoms. The number of carbonyl (C=O) groups is 1. The molecule has 0 aromatic carbocycles. The summed E-state index contributed by atoms with van der Waals surface area (Å²) in [5, 5.41) is 50.2. The molecule has 228 valence electrons. The molecule has 0 radical (unpaired) electrons. The number of aromatic amines is 1. The number of nitrogens with one attached hydrogen (secondary N) is 1. The molecule has 23 heteroatoms. The van der Waals surface area contributed by atoms with Gasteiger partial charge in [-0.2, -0.15) is 4.31 Å². The summed E-state index contributed by atoms with van der Waals surface area (Å²) in [6.45, 7) is 0.240. The van der Waals surface area contributed by atoms with Crippen molar-refractivity contribution in [3.8, 4) is 0 Å². The first-order valence-electron chi connectivity index (χ1n) is 11.0. The number of aliphatic hydroxyl groups is 5. The summed E-state index contributed by atoms with van der Waals surface area (Å²) >= 11 is 0. The molecule has 3 heterocycles. The lowest BCUT2D eigenvalue weighted by molar-refractivity contribution is -0.270. The van der Waals surface area contributed by atoms with Crippen LogP contribution in [-0.2, 0) is 36.8 Å². The van der Waals surface area contributed by atoms with Gasteiger partial charge in [-0.1, -0.05) is 10.8 Å². The number of nitrogens with zero attached hydrogens (tertiary/aromatic N) is 1. The van der Waals surface area contributed by atoms with Crippen LogP contribution in [0.5, 0.6) is 0 Å². The summed E-state index contributed by atoms with van der Waals surface area (Å²) in [4.78, 5) is 56.0. The van der Waals surface area contributed by atoms with Crippen LogP contribution in [-0.4, -0.2) is 111 Å². The minimum Gasteiger partial charge on any atom is -0.388 e. The van der Waals surface area contributed by atoms with Crippen LogP contribution in [0.1, 0.15) is 13.2 Å². The number of phosphoric acid groups is 2. The molecule has 8 N–H and O–H groups in total. The fraction of sp³-hybridized carbons (Fsp3) is 0.706. The van der Waals surface area contributed by atoms with Crippen LogP contribution in [0.3, 0.4) is 0 Å². The second kappa shape index (κ2) is 13.6. The quantitative estimate of drug-likeness (QED) is 0.0877. The van der Waals surface area contributed by atoms with Gasteiger partial charge in [0.05, 0.1) is 12.7 Å². The zero-order valence-electron chi connectivity index (χ0n) is 20.1. The number of carbonyl (C=O) groups excluding carboxylic acids is 1. The van der Waals surface area contributed by atoms with Crippen molar-refractivity contribution in [1.82, 2.24) is 9.55 Å². The Kier molecular flexibility index (Phi) is 11.4. The van der Waals surface area contributed by atoms with E-state index in [1.165, 1.54) is 6.92 Å². The maximum Gasteiger partial charge on any atom is 0.483 e. The Morgan fingerprint density at radius 2 is 1.65 bits per heavy atom. The number of rotatable bonds is 11. The molecule has 19 nitrogen and oxygen atoms in total. The predicted molar refractivity (Wildman–Crippen MR) is 132 cm³/mol. The molecule has 0 aliphatic carbocycles. The topological polar surface area (TPSA) is 294 Å². The maximum atomic E-state index is 12.4. The Morgan fingerprint density at radius 3 is 2.27 bits per heavy atom. The highest BCUT2D eigenvalue weighted by Crippen LogP contribution is 2.61. The lowest BCUT2D eigenvalue weighted by atomic mass is 10.0. The average Bonchev–Trinajstić information content (AvgIpc) is 3.11. The normalized spacial score (nSPS) is 35.6. The van der Waals surface area contributed by atoms with Crippen molar-refractivity contribution in [2.75, 3.05) is 12.4 Å². The largest absolute Gasteiger partial charge is 0.483 e. The van der Waals surface area contributed by atoms with E-state index < -0.39 is 88.7 Å². The lowest BCUT2D eigenvalue weighted by Crippen LogP contribution is -2.58. The molecule has 1 aromatic rings. The van der Waals surface area contributed by atoms with E-state index in [4.69, 9.17) is 9.47 Å².